The lowest BCUT2D eigenvalue weighted by atomic mass is 10.1. The van der Waals surface area contributed by atoms with Gasteiger partial charge in [-0.3, -0.25) is 5.41 Å². The predicted octanol–water partition coefficient (Wildman–Crippen LogP) is 4.06. The summed E-state index contributed by atoms with van der Waals surface area (Å²) >= 11 is 7.48. The number of hydrogen-bond donors (Lipinski definition) is 2. The Kier molecular flexibility index (Phi) is 4.45. The van der Waals surface area contributed by atoms with Gasteiger partial charge >= 0.3 is 0 Å². The first-order chi connectivity index (χ1) is 9.06. The van der Waals surface area contributed by atoms with Gasteiger partial charge in [0.15, 0.2) is 0 Å². The monoisotopic (exact) mass is 294 g/mol. The summed E-state index contributed by atoms with van der Waals surface area (Å²) < 4.78 is 13.1. The molecule has 0 unspecified atom stereocenters. The lowest BCUT2D eigenvalue weighted by Crippen LogP contribution is -2.13. The topological polar surface area (TPSA) is 49.9 Å². The first-order valence-electron chi connectivity index (χ1n) is 5.57. The minimum absolute atomic E-state index is 0.124. The number of thioether (sulfide) groups is 1. The van der Waals surface area contributed by atoms with Crippen LogP contribution in [-0.2, 0) is 5.75 Å². The Morgan fingerprint density at radius 3 is 2.74 bits per heavy atom. The van der Waals surface area contributed by atoms with Crippen molar-refractivity contribution in [3.63, 3.8) is 0 Å². The number of halogens is 2. The van der Waals surface area contributed by atoms with E-state index in [-0.39, 0.29) is 11.7 Å². The normalized spacial score (nSPS) is 10.4. The van der Waals surface area contributed by atoms with Crippen LogP contribution in [0.3, 0.4) is 0 Å². The first-order valence-corrected chi connectivity index (χ1v) is 6.94. The largest absolute Gasteiger partial charge is 0.384 e. The van der Waals surface area contributed by atoms with Crippen molar-refractivity contribution in [3.8, 4) is 0 Å². The number of nitrogen functional groups attached to an aromatic ring is 1. The number of amidine groups is 1. The summed E-state index contributed by atoms with van der Waals surface area (Å²) in [4.78, 5) is 1.02. The number of benzene rings is 2. The molecule has 98 valence electrons. The van der Waals surface area contributed by atoms with Gasteiger partial charge < -0.3 is 5.73 Å². The summed E-state index contributed by atoms with van der Waals surface area (Å²) in [5, 5.41) is 8.15. The van der Waals surface area contributed by atoms with Gasteiger partial charge in [-0.25, -0.2) is 4.39 Å². The highest BCUT2D eigenvalue weighted by Crippen LogP contribution is 2.26. The van der Waals surface area contributed by atoms with Crippen LogP contribution in [0.1, 0.15) is 11.1 Å². The second kappa shape index (κ2) is 6.08. The van der Waals surface area contributed by atoms with E-state index in [1.807, 2.05) is 24.3 Å². The third-order valence-corrected chi connectivity index (χ3v) is 3.83. The van der Waals surface area contributed by atoms with Crippen molar-refractivity contribution < 1.29 is 4.39 Å². The van der Waals surface area contributed by atoms with E-state index in [9.17, 15) is 4.39 Å². The van der Waals surface area contributed by atoms with E-state index < -0.39 is 0 Å². The van der Waals surface area contributed by atoms with E-state index in [4.69, 9.17) is 22.7 Å². The van der Waals surface area contributed by atoms with Gasteiger partial charge in [0, 0.05) is 21.2 Å². The molecule has 19 heavy (non-hydrogen) atoms. The average Bonchev–Trinajstić information content (AvgIpc) is 2.37. The quantitative estimate of drug-likeness (QED) is 0.507. The summed E-state index contributed by atoms with van der Waals surface area (Å²) in [7, 11) is 0. The molecule has 0 fully saturated rings. The molecular weight excluding hydrogens is 283 g/mol. The van der Waals surface area contributed by atoms with Crippen LogP contribution in [0.5, 0.6) is 0 Å². The molecule has 0 bridgehead atoms. The predicted molar refractivity (Wildman–Crippen MR) is 78.4 cm³/mol. The van der Waals surface area contributed by atoms with Crippen LogP contribution >= 0.6 is 23.4 Å². The average molecular weight is 295 g/mol. The van der Waals surface area contributed by atoms with E-state index >= 15 is 0 Å². The fourth-order valence-corrected chi connectivity index (χ4v) is 2.86. The van der Waals surface area contributed by atoms with Crippen LogP contribution in [0.4, 0.5) is 4.39 Å². The number of nitrogens with one attached hydrogen (secondary N) is 1. The standard InChI is InChI=1S/C14H12ClFN2S/c15-10-2-1-3-12(6-10)19-8-9-4-5-11(16)7-13(9)14(17)18/h1-7H,8H2,(H3,17,18). The Labute approximate surface area is 120 Å². The van der Waals surface area contributed by atoms with Crippen LogP contribution in [0.15, 0.2) is 47.4 Å². The van der Waals surface area contributed by atoms with Crippen LogP contribution in [0.2, 0.25) is 5.02 Å². The third kappa shape index (κ3) is 3.72. The molecule has 0 aromatic heterocycles. The maximum atomic E-state index is 13.1. The van der Waals surface area contributed by atoms with Gasteiger partial charge in [0.05, 0.1) is 0 Å². The summed E-state index contributed by atoms with van der Waals surface area (Å²) in [6, 6.07) is 11.8. The second-order valence-electron chi connectivity index (χ2n) is 3.96. The summed E-state index contributed by atoms with van der Waals surface area (Å²) in [5.41, 5.74) is 6.73. The Morgan fingerprint density at radius 2 is 2.05 bits per heavy atom. The van der Waals surface area contributed by atoms with Gasteiger partial charge in [-0.2, -0.15) is 0 Å². The highest BCUT2D eigenvalue weighted by molar-refractivity contribution is 7.98. The maximum absolute atomic E-state index is 13.1. The molecule has 2 aromatic carbocycles. The number of nitrogens with two attached hydrogens (primary N) is 1. The summed E-state index contributed by atoms with van der Waals surface area (Å²) in [6.07, 6.45) is 0. The lowest BCUT2D eigenvalue weighted by molar-refractivity contribution is 0.627. The highest BCUT2D eigenvalue weighted by atomic mass is 35.5. The SMILES string of the molecule is N=C(N)c1cc(F)ccc1CSc1cccc(Cl)c1. The summed E-state index contributed by atoms with van der Waals surface area (Å²) in [5.74, 6) is 0.0955. The molecule has 2 nitrogen and oxygen atoms in total. The minimum Gasteiger partial charge on any atom is -0.384 e. The zero-order chi connectivity index (χ0) is 13.8. The zero-order valence-electron chi connectivity index (χ0n) is 9.99. The van der Waals surface area contributed by atoms with Crippen LogP contribution < -0.4 is 5.73 Å². The Morgan fingerprint density at radius 1 is 1.26 bits per heavy atom. The molecular formula is C14H12ClFN2S. The van der Waals surface area contributed by atoms with Crippen molar-refractivity contribution in [2.45, 2.75) is 10.6 Å². The van der Waals surface area contributed by atoms with Crippen LogP contribution in [0.25, 0.3) is 0 Å². The van der Waals surface area contributed by atoms with Gasteiger partial charge in [0.1, 0.15) is 11.7 Å². The van der Waals surface area contributed by atoms with Gasteiger partial charge in [-0.1, -0.05) is 23.7 Å². The molecule has 0 atom stereocenters. The smallest absolute Gasteiger partial charge is 0.123 e. The molecule has 2 rings (SSSR count). The molecule has 0 aliphatic rings. The first kappa shape index (κ1) is 13.9. The summed E-state index contributed by atoms with van der Waals surface area (Å²) in [6.45, 7) is 0. The Bertz CT molecular complexity index is 616. The Balaban J connectivity index is 2.17. The van der Waals surface area contributed by atoms with Gasteiger partial charge in [0.25, 0.3) is 0 Å². The molecule has 3 N–H and O–H groups in total. The van der Waals surface area contributed by atoms with Crippen molar-refractivity contribution in [1.82, 2.24) is 0 Å². The van der Waals surface area contributed by atoms with Crippen molar-refractivity contribution in [2.24, 2.45) is 5.73 Å². The van der Waals surface area contributed by atoms with E-state index in [0.717, 1.165) is 10.5 Å². The third-order valence-electron chi connectivity index (χ3n) is 2.55. The minimum atomic E-state index is -0.387. The van der Waals surface area contributed by atoms with Crippen molar-refractivity contribution in [1.29, 1.82) is 5.41 Å². The molecule has 0 amide bonds. The molecule has 0 aliphatic heterocycles. The van der Waals surface area contributed by atoms with Crippen molar-refractivity contribution in [2.75, 3.05) is 0 Å². The second-order valence-corrected chi connectivity index (χ2v) is 5.45. The molecule has 5 heteroatoms. The number of rotatable bonds is 4. The van der Waals surface area contributed by atoms with Gasteiger partial charge in [-0.05, 0) is 35.9 Å². The lowest BCUT2D eigenvalue weighted by Gasteiger charge is -2.08. The fourth-order valence-electron chi connectivity index (χ4n) is 1.64. The van der Waals surface area contributed by atoms with Crippen LogP contribution in [-0.4, -0.2) is 5.84 Å². The molecule has 0 heterocycles. The maximum Gasteiger partial charge on any atom is 0.123 e. The van der Waals surface area contributed by atoms with E-state index in [1.165, 1.54) is 12.1 Å². The fraction of sp³-hybridized carbons (Fsp3) is 0.0714. The van der Waals surface area contributed by atoms with Gasteiger partial charge in [0.2, 0.25) is 0 Å². The van der Waals surface area contributed by atoms with E-state index in [1.54, 1.807) is 17.8 Å². The molecule has 0 saturated heterocycles. The van der Waals surface area contributed by atoms with Gasteiger partial charge in [-0.15, -0.1) is 11.8 Å². The van der Waals surface area contributed by atoms with E-state index in [0.29, 0.717) is 16.3 Å². The molecule has 2 aromatic rings. The Hall–Kier alpha value is -1.52. The van der Waals surface area contributed by atoms with Crippen molar-refractivity contribution >= 4 is 29.2 Å². The molecule has 0 radical (unpaired) electrons. The molecule has 0 aliphatic carbocycles. The number of hydrogen-bond acceptors (Lipinski definition) is 2. The molecule has 0 saturated carbocycles. The zero-order valence-corrected chi connectivity index (χ0v) is 11.6. The molecule has 0 spiro atoms. The van der Waals surface area contributed by atoms with Crippen molar-refractivity contribution in [3.05, 3.63) is 64.4 Å². The van der Waals surface area contributed by atoms with Crippen LogP contribution in [0, 0.1) is 11.2 Å². The van der Waals surface area contributed by atoms with E-state index in [2.05, 4.69) is 0 Å². The highest BCUT2D eigenvalue weighted by Gasteiger charge is 2.07.